The van der Waals surface area contributed by atoms with Crippen LogP contribution in [0.15, 0.2) is 18.2 Å². The molecule has 1 heterocycles. The van der Waals surface area contributed by atoms with Gasteiger partial charge >= 0.3 is 0 Å². The molecular weight excluding hydrogens is 322 g/mol. The van der Waals surface area contributed by atoms with Gasteiger partial charge in [-0.2, -0.15) is 0 Å². The summed E-state index contributed by atoms with van der Waals surface area (Å²) in [7, 11) is 0. The van der Waals surface area contributed by atoms with Crippen molar-refractivity contribution in [3.8, 4) is 11.5 Å². The molecule has 1 amide bonds. The average molecular weight is 342 g/mol. The van der Waals surface area contributed by atoms with Crippen LogP contribution in [0.1, 0.15) is 30.6 Å². The van der Waals surface area contributed by atoms with Crippen molar-refractivity contribution < 1.29 is 14.3 Å². The molecule has 0 saturated carbocycles. The Morgan fingerprint density at radius 2 is 2.10 bits per heavy atom. The molecule has 0 atom stereocenters. The van der Waals surface area contributed by atoms with Gasteiger partial charge in [-0.05, 0) is 32.4 Å². The Bertz CT molecular complexity index is 476. The van der Waals surface area contributed by atoms with E-state index in [-0.39, 0.29) is 11.9 Å². The quantitative estimate of drug-likeness (QED) is 0.772. The number of ether oxygens (including phenoxy) is 2. The number of carbonyl (C=O) groups is 1. The van der Waals surface area contributed by atoms with Crippen LogP contribution in [-0.4, -0.2) is 41.9 Å². The summed E-state index contributed by atoms with van der Waals surface area (Å²) in [5.74, 6) is 1.24. The summed E-state index contributed by atoms with van der Waals surface area (Å²) in [6.07, 6.45) is 0.927. The van der Waals surface area contributed by atoms with Gasteiger partial charge in [-0.15, -0.1) is 0 Å². The third-order valence-electron chi connectivity index (χ3n) is 3.21. The highest BCUT2D eigenvalue weighted by atomic mass is 79.9. The minimum absolute atomic E-state index is 0.00306. The van der Waals surface area contributed by atoms with Crippen molar-refractivity contribution in [3.05, 3.63) is 23.8 Å². The monoisotopic (exact) mass is 341 g/mol. The van der Waals surface area contributed by atoms with E-state index in [4.69, 9.17) is 9.47 Å². The first kappa shape index (κ1) is 15.2. The van der Waals surface area contributed by atoms with Crippen LogP contribution >= 0.6 is 15.9 Å². The minimum Gasteiger partial charge on any atom is -0.486 e. The van der Waals surface area contributed by atoms with E-state index < -0.39 is 0 Å². The Balaban J connectivity index is 2.27. The standard InChI is InChI=1S/C15H20BrNO3/c1-11(2)17(8-4-7-16)15(18)12-5-3-6-13-14(12)20-10-9-19-13/h3,5-6,11H,4,7-10H2,1-2H3. The normalized spacial score (nSPS) is 13.4. The Morgan fingerprint density at radius 1 is 1.35 bits per heavy atom. The number of hydrogen-bond donors (Lipinski definition) is 0. The number of amides is 1. The third kappa shape index (κ3) is 3.26. The topological polar surface area (TPSA) is 38.8 Å². The lowest BCUT2D eigenvalue weighted by Crippen LogP contribution is -2.38. The van der Waals surface area contributed by atoms with Crippen LogP contribution < -0.4 is 9.47 Å². The van der Waals surface area contributed by atoms with E-state index in [0.29, 0.717) is 30.3 Å². The lowest BCUT2D eigenvalue weighted by Gasteiger charge is -2.28. The number of fused-ring (bicyclic) bond motifs is 1. The number of nitrogens with zero attached hydrogens (tertiary/aromatic N) is 1. The molecule has 110 valence electrons. The second-order valence-electron chi connectivity index (χ2n) is 4.96. The van der Waals surface area contributed by atoms with Crippen molar-refractivity contribution >= 4 is 21.8 Å². The number of halogens is 1. The molecule has 0 unspecified atom stereocenters. The minimum atomic E-state index is 0.00306. The van der Waals surface area contributed by atoms with Crippen LogP contribution in [-0.2, 0) is 0 Å². The van der Waals surface area contributed by atoms with Crippen LogP contribution in [0.5, 0.6) is 11.5 Å². The van der Waals surface area contributed by atoms with Gasteiger partial charge in [0.2, 0.25) is 0 Å². The summed E-state index contributed by atoms with van der Waals surface area (Å²) in [6, 6.07) is 5.63. The Kier molecular flexibility index (Phi) is 5.29. The third-order valence-corrected chi connectivity index (χ3v) is 3.77. The zero-order chi connectivity index (χ0) is 14.5. The maximum absolute atomic E-state index is 12.7. The molecule has 4 nitrogen and oxygen atoms in total. The molecule has 0 aromatic heterocycles. The fourth-order valence-electron chi connectivity index (χ4n) is 2.22. The zero-order valence-electron chi connectivity index (χ0n) is 11.9. The van der Waals surface area contributed by atoms with E-state index in [9.17, 15) is 4.79 Å². The maximum Gasteiger partial charge on any atom is 0.257 e. The molecular formula is C15H20BrNO3. The van der Waals surface area contributed by atoms with Crippen LogP contribution in [0.25, 0.3) is 0 Å². The van der Waals surface area contributed by atoms with E-state index in [1.165, 1.54) is 0 Å². The fraction of sp³-hybridized carbons (Fsp3) is 0.533. The van der Waals surface area contributed by atoms with Crippen LogP contribution in [0.3, 0.4) is 0 Å². The Morgan fingerprint density at radius 3 is 2.80 bits per heavy atom. The van der Waals surface area contributed by atoms with Crippen molar-refractivity contribution in [3.63, 3.8) is 0 Å². The Hall–Kier alpha value is -1.23. The number of benzene rings is 1. The van der Waals surface area contributed by atoms with Gasteiger partial charge in [0.25, 0.3) is 5.91 Å². The summed E-state index contributed by atoms with van der Waals surface area (Å²) in [4.78, 5) is 14.6. The highest BCUT2D eigenvalue weighted by molar-refractivity contribution is 9.09. The van der Waals surface area contributed by atoms with Crippen molar-refractivity contribution in [2.75, 3.05) is 25.1 Å². The Labute approximate surface area is 128 Å². The summed E-state index contributed by atoms with van der Waals surface area (Å²) >= 11 is 3.41. The van der Waals surface area contributed by atoms with Crippen LogP contribution in [0.4, 0.5) is 0 Å². The van der Waals surface area contributed by atoms with Crippen molar-refractivity contribution in [1.29, 1.82) is 0 Å². The predicted molar refractivity (Wildman–Crippen MR) is 82.0 cm³/mol. The SMILES string of the molecule is CC(C)N(CCCBr)C(=O)c1cccc2c1OCCO2. The molecule has 0 fully saturated rings. The largest absolute Gasteiger partial charge is 0.486 e. The van der Waals surface area contributed by atoms with Crippen molar-refractivity contribution in [1.82, 2.24) is 4.90 Å². The summed E-state index contributed by atoms with van der Waals surface area (Å²) in [5, 5.41) is 0.885. The molecule has 0 aliphatic carbocycles. The number of rotatable bonds is 5. The summed E-state index contributed by atoms with van der Waals surface area (Å²) < 4.78 is 11.2. The lowest BCUT2D eigenvalue weighted by atomic mass is 10.1. The van der Waals surface area contributed by atoms with Gasteiger partial charge in [0.05, 0.1) is 5.56 Å². The van der Waals surface area contributed by atoms with Crippen molar-refractivity contribution in [2.45, 2.75) is 26.3 Å². The summed E-state index contributed by atoms with van der Waals surface area (Å²) in [6.45, 7) is 5.80. The molecule has 1 aliphatic heterocycles. The molecule has 0 N–H and O–H groups in total. The van der Waals surface area contributed by atoms with Crippen molar-refractivity contribution in [2.24, 2.45) is 0 Å². The van der Waals surface area contributed by atoms with Gasteiger partial charge in [-0.3, -0.25) is 4.79 Å². The van der Waals surface area contributed by atoms with Gasteiger partial charge in [-0.25, -0.2) is 0 Å². The molecule has 1 aromatic rings. The van der Waals surface area contributed by atoms with Gasteiger partial charge in [0, 0.05) is 17.9 Å². The number of carbonyl (C=O) groups excluding carboxylic acids is 1. The molecule has 0 saturated heterocycles. The molecule has 20 heavy (non-hydrogen) atoms. The van der Waals surface area contributed by atoms with E-state index in [1.807, 2.05) is 30.9 Å². The second kappa shape index (κ2) is 6.97. The first-order valence-electron chi connectivity index (χ1n) is 6.90. The first-order valence-corrected chi connectivity index (χ1v) is 8.03. The van der Waals surface area contributed by atoms with E-state index >= 15 is 0 Å². The zero-order valence-corrected chi connectivity index (χ0v) is 13.5. The highest BCUT2D eigenvalue weighted by Gasteiger charge is 2.25. The fourth-order valence-corrected chi connectivity index (χ4v) is 2.47. The van der Waals surface area contributed by atoms with Gasteiger partial charge in [-0.1, -0.05) is 22.0 Å². The van der Waals surface area contributed by atoms with Crippen LogP contribution in [0, 0.1) is 0 Å². The number of para-hydroxylation sites is 1. The summed E-state index contributed by atoms with van der Waals surface area (Å²) in [5.41, 5.74) is 0.588. The predicted octanol–water partition coefficient (Wildman–Crippen LogP) is 3.09. The second-order valence-corrected chi connectivity index (χ2v) is 5.76. The van der Waals surface area contributed by atoms with Gasteiger partial charge in [0.15, 0.2) is 11.5 Å². The lowest BCUT2D eigenvalue weighted by molar-refractivity contribution is 0.0696. The molecule has 5 heteroatoms. The smallest absolute Gasteiger partial charge is 0.257 e. The number of alkyl halides is 1. The molecule has 0 radical (unpaired) electrons. The van der Waals surface area contributed by atoms with Gasteiger partial charge in [0.1, 0.15) is 13.2 Å². The maximum atomic E-state index is 12.7. The van der Waals surface area contributed by atoms with Crippen LogP contribution in [0.2, 0.25) is 0 Å². The van der Waals surface area contributed by atoms with E-state index in [1.54, 1.807) is 6.07 Å². The molecule has 0 spiro atoms. The van der Waals surface area contributed by atoms with Gasteiger partial charge < -0.3 is 14.4 Å². The molecule has 1 aromatic carbocycles. The number of hydrogen-bond acceptors (Lipinski definition) is 3. The van der Waals surface area contributed by atoms with E-state index in [2.05, 4.69) is 15.9 Å². The average Bonchev–Trinajstić information content (AvgIpc) is 2.46. The van der Waals surface area contributed by atoms with E-state index in [0.717, 1.165) is 18.3 Å². The molecule has 0 bridgehead atoms. The highest BCUT2D eigenvalue weighted by Crippen LogP contribution is 2.34. The molecule has 1 aliphatic rings. The first-order chi connectivity index (χ1) is 9.65. The molecule has 2 rings (SSSR count).